The highest BCUT2D eigenvalue weighted by Crippen LogP contribution is 2.33. The van der Waals surface area contributed by atoms with Gasteiger partial charge in [0.25, 0.3) is 0 Å². The highest BCUT2D eigenvalue weighted by Gasteiger charge is 2.20. The molecule has 16 heavy (non-hydrogen) atoms. The molecule has 0 aromatic rings. The van der Waals surface area contributed by atoms with Crippen LogP contribution in [0.5, 0.6) is 0 Å². The molecular formula is C13H8O3. The molecule has 2 aliphatic rings. The lowest BCUT2D eigenvalue weighted by Crippen LogP contribution is -1.88. The Morgan fingerprint density at radius 2 is 1.06 bits per heavy atom. The average Bonchev–Trinajstić information content (AvgIpc) is 2.46. The van der Waals surface area contributed by atoms with Gasteiger partial charge < -0.3 is 0 Å². The fourth-order valence-electron chi connectivity index (χ4n) is 1.83. The summed E-state index contributed by atoms with van der Waals surface area (Å²) in [7, 11) is 0. The van der Waals surface area contributed by atoms with E-state index in [9.17, 15) is 14.4 Å². The molecule has 0 aromatic carbocycles. The highest BCUT2D eigenvalue weighted by molar-refractivity contribution is 6.10. The standard InChI is InChI=1S/C13H8O3/c14-6-11-9-4-2-1-3-5-10(9)12(7-15)13(11)8-16/h1-8H. The molecule has 2 rings (SSSR count). The molecule has 0 amide bonds. The second-order valence-electron chi connectivity index (χ2n) is 3.33. The fourth-order valence-corrected chi connectivity index (χ4v) is 1.83. The Morgan fingerprint density at radius 3 is 1.44 bits per heavy atom. The topological polar surface area (TPSA) is 51.2 Å². The van der Waals surface area contributed by atoms with Gasteiger partial charge in [0.2, 0.25) is 0 Å². The summed E-state index contributed by atoms with van der Waals surface area (Å²) in [5.41, 5.74) is 1.99. The number of fused-ring (bicyclic) bond motifs is 1. The van der Waals surface area contributed by atoms with Crippen LogP contribution in [0.2, 0.25) is 0 Å². The quantitative estimate of drug-likeness (QED) is 0.733. The van der Waals surface area contributed by atoms with Crippen LogP contribution in [0.3, 0.4) is 0 Å². The maximum Gasteiger partial charge on any atom is 0.151 e. The minimum Gasteiger partial charge on any atom is -0.298 e. The van der Waals surface area contributed by atoms with Crippen LogP contribution in [0.25, 0.3) is 11.1 Å². The largest absolute Gasteiger partial charge is 0.298 e. The van der Waals surface area contributed by atoms with E-state index in [1.165, 1.54) is 0 Å². The first-order valence-electron chi connectivity index (χ1n) is 4.73. The zero-order chi connectivity index (χ0) is 11.5. The summed E-state index contributed by atoms with van der Waals surface area (Å²) in [5.74, 6) is 0. The number of rotatable bonds is 3. The zero-order valence-electron chi connectivity index (χ0n) is 8.34. The van der Waals surface area contributed by atoms with E-state index >= 15 is 0 Å². The number of carbonyl (C=O) groups excluding carboxylic acids is 3. The van der Waals surface area contributed by atoms with E-state index in [0.29, 0.717) is 30.0 Å². The molecule has 0 saturated heterocycles. The third-order valence-corrected chi connectivity index (χ3v) is 2.55. The van der Waals surface area contributed by atoms with Gasteiger partial charge in [0.15, 0.2) is 18.9 Å². The summed E-state index contributed by atoms with van der Waals surface area (Å²) < 4.78 is 0. The van der Waals surface area contributed by atoms with Gasteiger partial charge in [-0.1, -0.05) is 30.3 Å². The summed E-state index contributed by atoms with van der Waals surface area (Å²) in [5, 5.41) is 0. The third-order valence-electron chi connectivity index (χ3n) is 2.55. The molecule has 78 valence electrons. The first-order chi connectivity index (χ1) is 7.83. The Kier molecular flexibility index (Phi) is 2.60. The van der Waals surface area contributed by atoms with Crippen molar-refractivity contribution in [1.82, 2.24) is 0 Å². The molecule has 0 fully saturated rings. The van der Waals surface area contributed by atoms with Crippen LogP contribution in [-0.2, 0) is 0 Å². The predicted octanol–water partition coefficient (Wildman–Crippen LogP) is 2.23. The summed E-state index contributed by atoms with van der Waals surface area (Å²) in [4.78, 5) is 32.8. The third kappa shape index (κ3) is 1.34. The van der Waals surface area contributed by atoms with Crippen molar-refractivity contribution >= 4 is 18.9 Å². The molecule has 0 N–H and O–H groups in total. The van der Waals surface area contributed by atoms with Crippen molar-refractivity contribution in [3.05, 3.63) is 47.0 Å². The van der Waals surface area contributed by atoms with Crippen LogP contribution in [-0.4, -0.2) is 18.9 Å². The second kappa shape index (κ2) is 4.06. The molecule has 0 atom stereocenters. The number of hydrogen-bond donors (Lipinski definition) is 0. The van der Waals surface area contributed by atoms with Gasteiger partial charge in [-0.25, -0.2) is 0 Å². The van der Waals surface area contributed by atoms with Gasteiger partial charge in [-0.3, -0.25) is 14.4 Å². The van der Waals surface area contributed by atoms with Gasteiger partial charge in [0.1, 0.15) is 0 Å². The van der Waals surface area contributed by atoms with Gasteiger partial charge in [-0.15, -0.1) is 0 Å². The molecule has 0 aliphatic heterocycles. The average molecular weight is 212 g/mol. The first kappa shape index (κ1) is 10.2. The zero-order valence-corrected chi connectivity index (χ0v) is 8.34. The monoisotopic (exact) mass is 212 g/mol. The molecule has 0 heterocycles. The van der Waals surface area contributed by atoms with E-state index in [4.69, 9.17) is 0 Å². The lowest BCUT2D eigenvalue weighted by atomic mass is 10.1. The second-order valence-corrected chi connectivity index (χ2v) is 3.33. The first-order valence-corrected chi connectivity index (χ1v) is 4.73. The molecule has 0 radical (unpaired) electrons. The van der Waals surface area contributed by atoms with Crippen molar-refractivity contribution in [2.24, 2.45) is 0 Å². The molecule has 0 spiro atoms. The van der Waals surface area contributed by atoms with Crippen LogP contribution in [0.1, 0.15) is 31.1 Å². The van der Waals surface area contributed by atoms with Crippen molar-refractivity contribution in [2.75, 3.05) is 0 Å². The number of aldehydes is 3. The molecule has 0 bridgehead atoms. The van der Waals surface area contributed by atoms with Gasteiger partial charge >= 0.3 is 0 Å². The lowest BCUT2D eigenvalue weighted by molar-refractivity contribution is 0.108. The van der Waals surface area contributed by atoms with Crippen molar-refractivity contribution in [3.63, 3.8) is 0 Å². The Labute approximate surface area is 92.0 Å². The Morgan fingerprint density at radius 1 is 0.625 bits per heavy atom. The SMILES string of the molecule is O=Cc1c2cccccc-2c(C=O)c1C=O. The van der Waals surface area contributed by atoms with Gasteiger partial charge in [-0.2, -0.15) is 0 Å². The van der Waals surface area contributed by atoms with Crippen molar-refractivity contribution in [3.8, 4) is 11.1 Å². The van der Waals surface area contributed by atoms with Crippen LogP contribution < -0.4 is 0 Å². The number of hydrogen-bond acceptors (Lipinski definition) is 3. The summed E-state index contributed by atoms with van der Waals surface area (Å²) in [6.45, 7) is 0. The highest BCUT2D eigenvalue weighted by atomic mass is 16.1. The Balaban J connectivity index is 2.94. The van der Waals surface area contributed by atoms with Crippen LogP contribution in [0, 0.1) is 0 Å². The molecule has 3 heteroatoms. The van der Waals surface area contributed by atoms with Crippen molar-refractivity contribution in [2.45, 2.75) is 0 Å². The van der Waals surface area contributed by atoms with E-state index in [0.717, 1.165) is 0 Å². The van der Waals surface area contributed by atoms with Gasteiger partial charge in [-0.05, 0) is 11.1 Å². The van der Waals surface area contributed by atoms with E-state index < -0.39 is 0 Å². The van der Waals surface area contributed by atoms with Crippen molar-refractivity contribution in [1.29, 1.82) is 0 Å². The molecule has 0 saturated carbocycles. The number of carbonyl (C=O) groups is 3. The maximum absolute atomic E-state index is 11.0. The van der Waals surface area contributed by atoms with E-state index in [2.05, 4.69) is 0 Å². The molecular weight excluding hydrogens is 204 g/mol. The summed E-state index contributed by atoms with van der Waals surface area (Å²) >= 11 is 0. The van der Waals surface area contributed by atoms with E-state index in [1.807, 2.05) is 0 Å². The summed E-state index contributed by atoms with van der Waals surface area (Å²) in [6.07, 6.45) is 1.77. The van der Waals surface area contributed by atoms with Crippen molar-refractivity contribution < 1.29 is 14.4 Å². The Hall–Kier alpha value is -2.29. The minimum atomic E-state index is 0.172. The molecule has 0 unspecified atom stereocenters. The van der Waals surface area contributed by atoms with E-state index in [-0.39, 0.29) is 16.7 Å². The predicted molar refractivity (Wildman–Crippen MR) is 59.2 cm³/mol. The normalized spacial score (nSPS) is 10.0. The lowest BCUT2D eigenvalue weighted by Gasteiger charge is -1.92. The molecule has 0 aromatic heterocycles. The fraction of sp³-hybridized carbons (Fsp3) is 0. The van der Waals surface area contributed by atoms with Crippen LogP contribution >= 0.6 is 0 Å². The van der Waals surface area contributed by atoms with Crippen LogP contribution in [0.15, 0.2) is 30.3 Å². The molecule has 3 nitrogen and oxygen atoms in total. The maximum atomic E-state index is 11.0. The minimum absolute atomic E-state index is 0.172. The smallest absolute Gasteiger partial charge is 0.151 e. The van der Waals surface area contributed by atoms with Gasteiger partial charge in [0.05, 0.1) is 0 Å². The summed E-state index contributed by atoms with van der Waals surface area (Å²) in [6, 6.07) is 8.76. The van der Waals surface area contributed by atoms with Gasteiger partial charge in [0, 0.05) is 16.7 Å². The van der Waals surface area contributed by atoms with E-state index in [1.54, 1.807) is 30.3 Å². The molecule has 2 aliphatic carbocycles. The van der Waals surface area contributed by atoms with Crippen LogP contribution in [0.4, 0.5) is 0 Å². The Bertz CT molecular complexity index is 501.